The molecule has 0 aliphatic heterocycles. The van der Waals surface area contributed by atoms with Gasteiger partial charge in [0, 0.05) is 18.8 Å². The van der Waals surface area contributed by atoms with Crippen LogP contribution in [-0.2, 0) is 11.3 Å². The zero-order valence-electron chi connectivity index (χ0n) is 12.3. The Bertz CT molecular complexity index is 428. The molecule has 0 aliphatic carbocycles. The molecule has 1 N–H and O–H groups in total. The average molecular weight is 264 g/mol. The van der Waals surface area contributed by atoms with Crippen LogP contribution in [-0.4, -0.2) is 40.2 Å². The number of hydrogen-bond donors (Lipinski definition) is 1. The molecule has 5 nitrogen and oxygen atoms in total. The Kier molecular flexibility index (Phi) is 6.29. The minimum absolute atomic E-state index is 0.108. The molecule has 0 aliphatic rings. The number of nitrogens with one attached hydrogen (secondary N) is 1. The van der Waals surface area contributed by atoms with Crippen molar-refractivity contribution in [2.45, 2.75) is 34.2 Å². The first kappa shape index (κ1) is 15.4. The molecule has 1 rings (SSSR count). The van der Waals surface area contributed by atoms with E-state index in [1.165, 1.54) is 0 Å². The summed E-state index contributed by atoms with van der Waals surface area (Å²) in [4.78, 5) is 13.9. The van der Waals surface area contributed by atoms with Crippen LogP contribution in [0.25, 0.3) is 0 Å². The number of rotatable bonds is 7. The fraction of sp³-hybridized carbons (Fsp3) is 0.571. The smallest absolute Gasteiger partial charge is 0.248 e. The Balaban J connectivity index is 2.48. The second-order valence-electron chi connectivity index (χ2n) is 4.73. The third-order valence-electron chi connectivity index (χ3n) is 2.86. The standard InChI is InChI=1S/C14H24N4O/c1-5-17(6-2)7-8-18-11-13(10-15-18)16-14(19)9-12(3)4/h9-11H,5-8H2,1-4H3,(H,16,19). The van der Waals surface area contributed by atoms with Gasteiger partial charge in [-0.2, -0.15) is 5.10 Å². The van der Waals surface area contributed by atoms with Crippen molar-refractivity contribution >= 4 is 11.6 Å². The maximum absolute atomic E-state index is 11.6. The molecule has 0 aromatic carbocycles. The molecule has 1 amide bonds. The third kappa shape index (κ3) is 5.70. The highest BCUT2D eigenvalue weighted by atomic mass is 16.1. The molecular formula is C14H24N4O. The Hall–Kier alpha value is -1.62. The average Bonchev–Trinajstić information content (AvgIpc) is 2.77. The van der Waals surface area contributed by atoms with E-state index < -0.39 is 0 Å². The van der Waals surface area contributed by atoms with Crippen molar-refractivity contribution < 1.29 is 4.79 Å². The number of amides is 1. The van der Waals surface area contributed by atoms with E-state index in [9.17, 15) is 4.79 Å². The fourth-order valence-corrected chi connectivity index (χ4v) is 1.77. The molecule has 0 atom stereocenters. The first-order valence-corrected chi connectivity index (χ1v) is 6.75. The summed E-state index contributed by atoms with van der Waals surface area (Å²) in [6.45, 7) is 12.0. The van der Waals surface area contributed by atoms with Gasteiger partial charge >= 0.3 is 0 Å². The molecule has 0 spiro atoms. The monoisotopic (exact) mass is 264 g/mol. The zero-order chi connectivity index (χ0) is 14.3. The molecule has 1 heterocycles. The molecule has 19 heavy (non-hydrogen) atoms. The second kappa shape index (κ2) is 7.74. The van der Waals surface area contributed by atoms with E-state index in [2.05, 4.69) is 29.2 Å². The first-order valence-electron chi connectivity index (χ1n) is 6.75. The molecule has 0 saturated heterocycles. The van der Waals surface area contributed by atoms with Crippen LogP contribution < -0.4 is 5.32 Å². The minimum Gasteiger partial charge on any atom is -0.320 e. The molecular weight excluding hydrogens is 240 g/mol. The highest BCUT2D eigenvalue weighted by Crippen LogP contribution is 2.05. The van der Waals surface area contributed by atoms with E-state index in [-0.39, 0.29) is 5.91 Å². The number of hydrogen-bond acceptors (Lipinski definition) is 3. The van der Waals surface area contributed by atoms with E-state index in [0.717, 1.165) is 37.4 Å². The number of nitrogens with zero attached hydrogens (tertiary/aromatic N) is 3. The molecule has 1 aromatic heterocycles. The van der Waals surface area contributed by atoms with Crippen molar-refractivity contribution in [2.75, 3.05) is 25.0 Å². The summed E-state index contributed by atoms with van der Waals surface area (Å²) in [5.41, 5.74) is 1.72. The van der Waals surface area contributed by atoms with E-state index in [1.54, 1.807) is 12.3 Å². The lowest BCUT2D eigenvalue weighted by molar-refractivity contribution is -0.111. The molecule has 0 fully saturated rings. The first-order chi connectivity index (χ1) is 9.05. The molecule has 0 unspecified atom stereocenters. The van der Waals surface area contributed by atoms with Crippen molar-refractivity contribution in [3.8, 4) is 0 Å². The van der Waals surface area contributed by atoms with Crippen LogP contribution in [0.2, 0.25) is 0 Å². The number of aromatic nitrogens is 2. The molecule has 0 radical (unpaired) electrons. The lowest BCUT2D eigenvalue weighted by Crippen LogP contribution is -2.27. The maximum Gasteiger partial charge on any atom is 0.248 e. The van der Waals surface area contributed by atoms with Gasteiger partial charge in [-0.15, -0.1) is 0 Å². The van der Waals surface area contributed by atoms with Gasteiger partial charge in [0.1, 0.15) is 0 Å². The Morgan fingerprint density at radius 1 is 1.42 bits per heavy atom. The van der Waals surface area contributed by atoms with Crippen LogP contribution in [0.4, 0.5) is 5.69 Å². The summed E-state index contributed by atoms with van der Waals surface area (Å²) in [5, 5.41) is 7.04. The topological polar surface area (TPSA) is 50.2 Å². The molecule has 1 aromatic rings. The van der Waals surface area contributed by atoms with E-state index in [1.807, 2.05) is 24.7 Å². The fourth-order valence-electron chi connectivity index (χ4n) is 1.77. The van der Waals surface area contributed by atoms with Crippen LogP contribution in [0, 0.1) is 0 Å². The quantitative estimate of drug-likeness (QED) is 0.768. The van der Waals surface area contributed by atoms with Crippen molar-refractivity contribution in [2.24, 2.45) is 0 Å². The normalized spacial score (nSPS) is 10.6. The molecule has 5 heteroatoms. The zero-order valence-corrected chi connectivity index (χ0v) is 12.3. The van der Waals surface area contributed by atoms with Crippen LogP contribution in [0.3, 0.4) is 0 Å². The van der Waals surface area contributed by atoms with Gasteiger partial charge in [0.15, 0.2) is 0 Å². The summed E-state index contributed by atoms with van der Waals surface area (Å²) in [6.07, 6.45) is 5.12. The summed E-state index contributed by atoms with van der Waals surface area (Å²) in [6, 6.07) is 0. The van der Waals surface area contributed by atoms with E-state index in [0.29, 0.717) is 0 Å². The van der Waals surface area contributed by atoms with Crippen molar-refractivity contribution in [1.82, 2.24) is 14.7 Å². The van der Waals surface area contributed by atoms with Gasteiger partial charge in [-0.25, -0.2) is 0 Å². The lowest BCUT2D eigenvalue weighted by atomic mass is 10.3. The highest BCUT2D eigenvalue weighted by Gasteiger charge is 2.03. The number of anilines is 1. The van der Waals surface area contributed by atoms with Gasteiger partial charge in [-0.3, -0.25) is 9.48 Å². The van der Waals surface area contributed by atoms with Crippen molar-refractivity contribution in [1.29, 1.82) is 0 Å². The minimum atomic E-state index is -0.108. The van der Waals surface area contributed by atoms with Crippen LogP contribution in [0.5, 0.6) is 0 Å². The lowest BCUT2D eigenvalue weighted by Gasteiger charge is -2.17. The summed E-state index contributed by atoms with van der Waals surface area (Å²) in [7, 11) is 0. The molecule has 0 bridgehead atoms. The Labute approximate surface area is 115 Å². The van der Waals surface area contributed by atoms with Gasteiger partial charge in [0.25, 0.3) is 0 Å². The van der Waals surface area contributed by atoms with Gasteiger partial charge in [0.2, 0.25) is 5.91 Å². The van der Waals surface area contributed by atoms with Gasteiger partial charge < -0.3 is 10.2 Å². The molecule has 106 valence electrons. The highest BCUT2D eigenvalue weighted by molar-refractivity contribution is 5.99. The van der Waals surface area contributed by atoms with Gasteiger partial charge in [-0.05, 0) is 26.9 Å². The van der Waals surface area contributed by atoms with Crippen LogP contribution >= 0.6 is 0 Å². The summed E-state index contributed by atoms with van der Waals surface area (Å²) < 4.78 is 1.86. The number of likely N-dealkylation sites (N-methyl/N-ethyl adjacent to an activating group) is 1. The largest absolute Gasteiger partial charge is 0.320 e. The predicted molar refractivity (Wildman–Crippen MR) is 78.1 cm³/mol. The predicted octanol–water partition coefficient (Wildman–Crippen LogP) is 2.13. The second-order valence-corrected chi connectivity index (χ2v) is 4.73. The Morgan fingerprint density at radius 2 is 2.11 bits per heavy atom. The number of allylic oxidation sites excluding steroid dienone is 1. The number of carbonyl (C=O) groups excluding carboxylic acids is 1. The molecule has 0 saturated carbocycles. The van der Waals surface area contributed by atoms with Crippen LogP contribution in [0.1, 0.15) is 27.7 Å². The van der Waals surface area contributed by atoms with Crippen molar-refractivity contribution in [3.05, 3.63) is 24.0 Å². The van der Waals surface area contributed by atoms with Gasteiger partial charge in [-0.1, -0.05) is 19.4 Å². The van der Waals surface area contributed by atoms with E-state index >= 15 is 0 Å². The SMILES string of the molecule is CCN(CC)CCn1cc(NC(=O)C=C(C)C)cn1. The summed E-state index contributed by atoms with van der Waals surface area (Å²) in [5.74, 6) is -0.108. The van der Waals surface area contributed by atoms with Crippen LogP contribution in [0.15, 0.2) is 24.0 Å². The number of carbonyl (C=O) groups is 1. The third-order valence-corrected chi connectivity index (χ3v) is 2.86. The summed E-state index contributed by atoms with van der Waals surface area (Å²) >= 11 is 0. The maximum atomic E-state index is 11.6. The Morgan fingerprint density at radius 3 is 2.68 bits per heavy atom. The van der Waals surface area contributed by atoms with E-state index in [4.69, 9.17) is 0 Å². The van der Waals surface area contributed by atoms with Crippen molar-refractivity contribution in [3.63, 3.8) is 0 Å². The van der Waals surface area contributed by atoms with Gasteiger partial charge in [0.05, 0.1) is 18.4 Å².